The van der Waals surface area contributed by atoms with Gasteiger partial charge in [0.2, 0.25) is 5.91 Å². The highest BCUT2D eigenvalue weighted by Gasteiger charge is 2.30. The first-order valence-electron chi connectivity index (χ1n) is 9.36. The van der Waals surface area contributed by atoms with Gasteiger partial charge in [0.15, 0.2) is 5.96 Å². The van der Waals surface area contributed by atoms with E-state index in [1.807, 2.05) is 18.7 Å². The number of guanidine groups is 1. The summed E-state index contributed by atoms with van der Waals surface area (Å²) >= 11 is 0. The lowest BCUT2D eigenvalue weighted by Gasteiger charge is -2.37. The first-order valence-corrected chi connectivity index (χ1v) is 9.36. The van der Waals surface area contributed by atoms with Crippen molar-refractivity contribution in [2.45, 2.75) is 39.2 Å². The van der Waals surface area contributed by atoms with Gasteiger partial charge in [-0.1, -0.05) is 6.92 Å². The van der Waals surface area contributed by atoms with Crippen molar-refractivity contribution in [2.24, 2.45) is 4.99 Å². The number of aliphatic imine (C=N–C) groups is 1. The predicted molar refractivity (Wildman–Crippen MR) is 96.4 cm³/mol. The molecule has 8 nitrogen and oxygen atoms in total. The molecule has 0 aliphatic carbocycles. The molecule has 25 heavy (non-hydrogen) atoms. The lowest BCUT2D eigenvalue weighted by Crippen LogP contribution is -2.55. The van der Waals surface area contributed by atoms with Gasteiger partial charge >= 0.3 is 0 Å². The van der Waals surface area contributed by atoms with Gasteiger partial charge in [-0.15, -0.1) is 0 Å². The first-order chi connectivity index (χ1) is 12.2. The Hall–Kier alpha value is -1.83. The second-order valence-electron chi connectivity index (χ2n) is 6.33. The molecule has 2 aliphatic rings. The summed E-state index contributed by atoms with van der Waals surface area (Å²) < 4.78 is 5.49. The third-order valence-corrected chi connectivity index (χ3v) is 4.38. The Labute approximate surface area is 150 Å². The van der Waals surface area contributed by atoms with Crippen molar-refractivity contribution in [1.82, 2.24) is 20.4 Å². The molecule has 8 heteroatoms. The Morgan fingerprint density at radius 1 is 1.12 bits per heavy atom. The molecule has 2 amide bonds. The van der Waals surface area contributed by atoms with E-state index >= 15 is 0 Å². The number of hydrogen-bond donors (Lipinski definition) is 2. The Morgan fingerprint density at radius 2 is 1.84 bits per heavy atom. The van der Waals surface area contributed by atoms with Gasteiger partial charge in [-0.25, -0.2) is 4.99 Å². The zero-order chi connectivity index (χ0) is 18.1. The van der Waals surface area contributed by atoms with Crippen LogP contribution in [-0.4, -0.2) is 86.1 Å². The quantitative estimate of drug-likeness (QED) is 0.510. The van der Waals surface area contributed by atoms with Crippen LogP contribution in [0.25, 0.3) is 0 Å². The van der Waals surface area contributed by atoms with E-state index in [2.05, 4.69) is 20.5 Å². The van der Waals surface area contributed by atoms with E-state index in [-0.39, 0.29) is 24.5 Å². The minimum absolute atomic E-state index is 0.0653. The van der Waals surface area contributed by atoms with E-state index in [0.29, 0.717) is 39.3 Å². The van der Waals surface area contributed by atoms with Crippen molar-refractivity contribution in [1.29, 1.82) is 0 Å². The van der Waals surface area contributed by atoms with Gasteiger partial charge in [-0.3, -0.25) is 9.59 Å². The maximum absolute atomic E-state index is 12.4. The average Bonchev–Trinajstić information content (AvgIpc) is 3.17. The van der Waals surface area contributed by atoms with Crippen LogP contribution in [0.2, 0.25) is 0 Å². The van der Waals surface area contributed by atoms with Gasteiger partial charge in [0.05, 0.1) is 0 Å². The molecular formula is C17H31N5O3. The Kier molecular flexibility index (Phi) is 7.97. The SMILES string of the molecule is CCCNC(=O)CN=C(NCC)N1CCN(C(=O)C2CCCO2)CC1. The minimum atomic E-state index is -0.254. The third-order valence-electron chi connectivity index (χ3n) is 4.38. The summed E-state index contributed by atoms with van der Waals surface area (Å²) in [7, 11) is 0. The topological polar surface area (TPSA) is 86.3 Å². The number of nitrogens with one attached hydrogen (secondary N) is 2. The zero-order valence-corrected chi connectivity index (χ0v) is 15.4. The number of carbonyl (C=O) groups excluding carboxylic acids is 2. The molecule has 0 saturated carbocycles. The van der Waals surface area contributed by atoms with Gasteiger partial charge < -0.3 is 25.2 Å². The van der Waals surface area contributed by atoms with Crippen LogP contribution in [0, 0.1) is 0 Å². The summed E-state index contributed by atoms with van der Waals surface area (Å²) in [4.78, 5) is 32.6. The standard InChI is InChI=1S/C17H31N5O3/c1-3-7-19-15(23)13-20-17(18-4-2)22-10-8-21(9-11-22)16(24)14-6-5-12-25-14/h14H,3-13H2,1-2H3,(H,18,20)(H,19,23). The highest BCUT2D eigenvalue weighted by molar-refractivity contribution is 5.85. The van der Waals surface area contributed by atoms with Crippen molar-refractivity contribution < 1.29 is 14.3 Å². The normalized spacial score (nSPS) is 21.4. The van der Waals surface area contributed by atoms with Crippen LogP contribution in [-0.2, 0) is 14.3 Å². The van der Waals surface area contributed by atoms with Crippen LogP contribution in [0.5, 0.6) is 0 Å². The Morgan fingerprint density at radius 3 is 2.44 bits per heavy atom. The fraction of sp³-hybridized carbons (Fsp3) is 0.824. The Balaban J connectivity index is 1.84. The van der Waals surface area contributed by atoms with Gasteiger partial charge in [-0.05, 0) is 26.2 Å². The van der Waals surface area contributed by atoms with Gasteiger partial charge in [-0.2, -0.15) is 0 Å². The maximum atomic E-state index is 12.4. The summed E-state index contributed by atoms with van der Waals surface area (Å²) in [6.45, 7) is 8.98. The van der Waals surface area contributed by atoms with Gasteiger partial charge in [0.25, 0.3) is 5.91 Å². The summed E-state index contributed by atoms with van der Waals surface area (Å²) in [5, 5.41) is 6.06. The molecule has 0 bridgehead atoms. The highest BCUT2D eigenvalue weighted by Crippen LogP contribution is 2.16. The molecule has 0 aromatic carbocycles. The molecule has 2 saturated heterocycles. The van der Waals surface area contributed by atoms with Crippen molar-refractivity contribution in [3.63, 3.8) is 0 Å². The fourth-order valence-electron chi connectivity index (χ4n) is 3.01. The minimum Gasteiger partial charge on any atom is -0.368 e. The van der Waals surface area contributed by atoms with Crippen LogP contribution in [0.1, 0.15) is 33.1 Å². The van der Waals surface area contributed by atoms with Gasteiger partial charge in [0, 0.05) is 45.9 Å². The molecule has 2 aliphatic heterocycles. The van der Waals surface area contributed by atoms with E-state index in [9.17, 15) is 9.59 Å². The number of piperazine rings is 1. The van der Waals surface area contributed by atoms with Crippen LogP contribution in [0.15, 0.2) is 4.99 Å². The van der Waals surface area contributed by atoms with Crippen molar-refractivity contribution in [3.8, 4) is 0 Å². The van der Waals surface area contributed by atoms with E-state index in [1.54, 1.807) is 0 Å². The molecule has 0 aromatic heterocycles. The molecule has 0 aromatic rings. The first kappa shape index (κ1) is 19.5. The average molecular weight is 353 g/mol. The Bertz CT molecular complexity index is 469. The second kappa shape index (κ2) is 10.2. The fourth-order valence-corrected chi connectivity index (χ4v) is 3.01. The molecule has 1 atom stereocenters. The second-order valence-corrected chi connectivity index (χ2v) is 6.33. The molecule has 0 radical (unpaired) electrons. The van der Waals surface area contributed by atoms with Crippen LogP contribution < -0.4 is 10.6 Å². The molecule has 0 spiro atoms. The molecule has 2 heterocycles. The number of hydrogen-bond acceptors (Lipinski definition) is 4. The predicted octanol–water partition coefficient (Wildman–Crippen LogP) is -0.199. The molecular weight excluding hydrogens is 322 g/mol. The molecule has 142 valence electrons. The number of amides is 2. The summed E-state index contributed by atoms with van der Waals surface area (Å²) in [5.41, 5.74) is 0. The maximum Gasteiger partial charge on any atom is 0.251 e. The van der Waals surface area contributed by atoms with Gasteiger partial charge in [0.1, 0.15) is 12.6 Å². The lowest BCUT2D eigenvalue weighted by molar-refractivity contribution is -0.142. The van der Waals surface area contributed by atoms with Crippen LogP contribution >= 0.6 is 0 Å². The van der Waals surface area contributed by atoms with Crippen molar-refractivity contribution in [3.05, 3.63) is 0 Å². The number of carbonyl (C=O) groups is 2. The summed E-state index contributed by atoms with van der Waals surface area (Å²) in [6.07, 6.45) is 2.45. The number of ether oxygens (including phenoxy) is 1. The monoisotopic (exact) mass is 353 g/mol. The highest BCUT2D eigenvalue weighted by atomic mass is 16.5. The summed E-state index contributed by atoms with van der Waals surface area (Å²) in [5.74, 6) is 0.779. The van der Waals surface area contributed by atoms with Crippen molar-refractivity contribution >= 4 is 17.8 Å². The molecule has 2 rings (SSSR count). The van der Waals surface area contributed by atoms with E-state index in [1.165, 1.54) is 0 Å². The van der Waals surface area contributed by atoms with E-state index in [0.717, 1.165) is 31.8 Å². The van der Waals surface area contributed by atoms with E-state index < -0.39 is 0 Å². The van der Waals surface area contributed by atoms with Crippen LogP contribution in [0.3, 0.4) is 0 Å². The largest absolute Gasteiger partial charge is 0.368 e. The van der Waals surface area contributed by atoms with Crippen LogP contribution in [0.4, 0.5) is 0 Å². The summed E-state index contributed by atoms with van der Waals surface area (Å²) in [6, 6.07) is 0. The smallest absolute Gasteiger partial charge is 0.251 e. The third kappa shape index (κ3) is 5.88. The molecule has 2 N–H and O–H groups in total. The zero-order valence-electron chi connectivity index (χ0n) is 15.4. The van der Waals surface area contributed by atoms with E-state index in [4.69, 9.17) is 4.74 Å². The molecule has 1 unspecified atom stereocenters. The van der Waals surface area contributed by atoms with Crippen molar-refractivity contribution in [2.75, 3.05) is 52.4 Å². The number of rotatable bonds is 6. The number of nitrogens with zero attached hydrogens (tertiary/aromatic N) is 3. The lowest BCUT2D eigenvalue weighted by atomic mass is 10.2. The molecule has 2 fully saturated rings.